The summed E-state index contributed by atoms with van der Waals surface area (Å²) < 4.78 is 1.68. The predicted molar refractivity (Wildman–Crippen MR) is 109 cm³/mol. The van der Waals surface area contributed by atoms with E-state index >= 15 is 0 Å². The summed E-state index contributed by atoms with van der Waals surface area (Å²) in [6.07, 6.45) is 0.996. The molecule has 0 spiro atoms. The van der Waals surface area contributed by atoms with Gasteiger partial charge in [-0.15, -0.1) is 5.10 Å². The number of amides is 1. The van der Waals surface area contributed by atoms with Crippen LogP contribution in [0.3, 0.4) is 0 Å². The van der Waals surface area contributed by atoms with Crippen molar-refractivity contribution in [2.24, 2.45) is 0 Å². The summed E-state index contributed by atoms with van der Waals surface area (Å²) in [5.41, 5.74) is 2.77. The molecule has 144 valence electrons. The lowest BCUT2D eigenvalue weighted by molar-refractivity contribution is -0.131. The van der Waals surface area contributed by atoms with Gasteiger partial charge < -0.3 is 4.90 Å². The van der Waals surface area contributed by atoms with Crippen molar-refractivity contribution in [3.05, 3.63) is 59.2 Å². The topological polar surface area (TPSA) is 63.4 Å². The highest BCUT2D eigenvalue weighted by Gasteiger charge is 2.20. The zero-order valence-corrected chi connectivity index (χ0v) is 16.8. The van der Waals surface area contributed by atoms with Crippen molar-refractivity contribution < 1.29 is 4.79 Å². The Morgan fingerprint density at radius 2 is 1.96 bits per heavy atom. The van der Waals surface area contributed by atoms with E-state index in [0.29, 0.717) is 18.1 Å². The molecule has 2 aromatic heterocycles. The van der Waals surface area contributed by atoms with E-state index in [4.69, 9.17) is 0 Å². The van der Waals surface area contributed by atoms with Crippen molar-refractivity contribution in [2.75, 3.05) is 6.54 Å². The fraction of sp³-hybridized carbons (Fsp3) is 0.364. The zero-order chi connectivity index (χ0) is 20.1. The summed E-state index contributed by atoms with van der Waals surface area (Å²) in [7, 11) is 0. The minimum atomic E-state index is -0.0259. The largest absolute Gasteiger partial charge is 0.328 e. The zero-order valence-electron chi connectivity index (χ0n) is 16.8. The maximum atomic E-state index is 12.9. The molecule has 3 aromatic rings. The van der Waals surface area contributed by atoms with Gasteiger partial charge >= 0.3 is 0 Å². The van der Waals surface area contributed by atoms with Crippen molar-refractivity contribution in [3.63, 3.8) is 0 Å². The number of nitrogens with zero attached hydrogens (tertiary/aromatic N) is 5. The fourth-order valence-corrected chi connectivity index (χ4v) is 2.98. The maximum absolute atomic E-state index is 12.9. The average molecular weight is 375 g/mol. The molecule has 28 heavy (non-hydrogen) atoms. The van der Waals surface area contributed by atoms with Gasteiger partial charge in [-0.05, 0) is 45.4 Å². The van der Waals surface area contributed by atoms with E-state index in [2.05, 4.69) is 33.8 Å². The molecular formula is C22H25N5O. The van der Waals surface area contributed by atoms with E-state index in [1.54, 1.807) is 9.42 Å². The van der Waals surface area contributed by atoms with Gasteiger partial charge in [-0.2, -0.15) is 4.98 Å². The third-order valence-corrected chi connectivity index (χ3v) is 4.67. The first-order valence-corrected chi connectivity index (χ1v) is 9.51. The summed E-state index contributed by atoms with van der Waals surface area (Å²) >= 11 is 0. The molecule has 0 bridgehead atoms. The second-order valence-electron chi connectivity index (χ2n) is 6.90. The van der Waals surface area contributed by atoms with Crippen LogP contribution < -0.4 is 0 Å². The predicted octanol–water partition coefficient (Wildman–Crippen LogP) is 2.96. The van der Waals surface area contributed by atoms with Gasteiger partial charge in [-0.25, -0.2) is 9.50 Å². The lowest BCUT2D eigenvalue weighted by atomic mass is 10.2. The highest BCUT2D eigenvalue weighted by Crippen LogP contribution is 2.09. The minimum absolute atomic E-state index is 0.0259. The number of fused-ring (bicyclic) bond motifs is 1. The number of carbonyl (C=O) groups is 1. The molecule has 0 aliphatic heterocycles. The van der Waals surface area contributed by atoms with Crippen LogP contribution in [0.1, 0.15) is 43.0 Å². The molecule has 1 atom stereocenters. The molecule has 0 aliphatic carbocycles. The first-order valence-electron chi connectivity index (χ1n) is 9.51. The first-order chi connectivity index (χ1) is 13.5. The van der Waals surface area contributed by atoms with Crippen molar-refractivity contribution in [1.82, 2.24) is 24.5 Å². The van der Waals surface area contributed by atoms with Gasteiger partial charge in [-0.1, -0.05) is 37.0 Å². The fourth-order valence-electron chi connectivity index (χ4n) is 2.98. The van der Waals surface area contributed by atoms with Crippen LogP contribution >= 0.6 is 0 Å². The van der Waals surface area contributed by atoms with E-state index < -0.39 is 0 Å². The normalized spacial score (nSPS) is 11.7. The van der Waals surface area contributed by atoms with Crippen molar-refractivity contribution >= 4 is 11.7 Å². The molecule has 6 heteroatoms. The summed E-state index contributed by atoms with van der Waals surface area (Å²) in [6.45, 7) is 8.35. The average Bonchev–Trinajstić information content (AvgIpc) is 3.08. The second kappa shape index (κ2) is 8.66. The third kappa shape index (κ3) is 4.55. The van der Waals surface area contributed by atoms with Crippen molar-refractivity contribution in [3.8, 4) is 11.8 Å². The van der Waals surface area contributed by atoms with Crippen molar-refractivity contribution in [1.29, 1.82) is 0 Å². The number of aryl methyl sites for hydroxylation is 2. The monoisotopic (exact) mass is 375 g/mol. The first kappa shape index (κ1) is 19.6. The third-order valence-electron chi connectivity index (χ3n) is 4.67. The minimum Gasteiger partial charge on any atom is -0.328 e. The Bertz CT molecular complexity index is 1030. The van der Waals surface area contributed by atoms with Gasteiger partial charge in [0.15, 0.2) is 5.82 Å². The lowest BCUT2D eigenvalue weighted by Gasteiger charge is -2.26. The number of aromatic nitrogens is 4. The standard InChI is InChI=1S/C22H25N5O/c1-5-17(3)26(13-9-12-19-10-7-6-8-11-19)21(28)15-20-24-22-23-16(2)14-18(4)27(22)25-20/h6-8,10-11,14,17H,5,13,15H2,1-4H3/t17-/m0/s1. The SMILES string of the molecule is CC[C@H](C)N(CC#Cc1ccccc1)C(=O)Cc1nc2nc(C)cc(C)n2n1. The Labute approximate surface area is 165 Å². The van der Waals surface area contributed by atoms with Gasteiger partial charge in [0.1, 0.15) is 0 Å². The van der Waals surface area contributed by atoms with Gasteiger partial charge in [0.05, 0.1) is 13.0 Å². The Morgan fingerprint density at radius 3 is 2.68 bits per heavy atom. The van der Waals surface area contributed by atoms with Gasteiger partial charge in [0.2, 0.25) is 5.91 Å². The highest BCUT2D eigenvalue weighted by atomic mass is 16.2. The smallest absolute Gasteiger partial charge is 0.252 e. The molecule has 2 heterocycles. The molecule has 0 saturated carbocycles. The molecule has 0 N–H and O–H groups in total. The van der Waals surface area contributed by atoms with Crippen LogP contribution in [-0.2, 0) is 11.2 Å². The van der Waals surface area contributed by atoms with Gasteiger partial charge in [0, 0.05) is 23.0 Å². The van der Waals surface area contributed by atoms with E-state index in [1.165, 1.54) is 0 Å². The Morgan fingerprint density at radius 1 is 1.21 bits per heavy atom. The second-order valence-corrected chi connectivity index (χ2v) is 6.90. The van der Waals surface area contributed by atoms with E-state index in [1.807, 2.05) is 57.2 Å². The van der Waals surface area contributed by atoms with E-state index in [9.17, 15) is 4.79 Å². The van der Waals surface area contributed by atoms with Crippen LogP contribution in [0, 0.1) is 25.7 Å². The number of hydrogen-bond donors (Lipinski definition) is 0. The molecule has 1 aromatic carbocycles. The summed E-state index contributed by atoms with van der Waals surface area (Å²) in [5, 5.41) is 4.45. The molecule has 1 amide bonds. The summed E-state index contributed by atoms with van der Waals surface area (Å²) in [4.78, 5) is 23.5. The summed E-state index contributed by atoms with van der Waals surface area (Å²) in [6, 6.07) is 11.8. The van der Waals surface area contributed by atoms with Crippen molar-refractivity contribution in [2.45, 2.75) is 46.6 Å². The molecule has 0 radical (unpaired) electrons. The van der Waals surface area contributed by atoms with Crippen LogP contribution in [0.25, 0.3) is 5.78 Å². The molecule has 6 nitrogen and oxygen atoms in total. The number of hydrogen-bond acceptors (Lipinski definition) is 4. The Kier molecular flexibility index (Phi) is 6.05. The van der Waals surface area contributed by atoms with Gasteiger partial charge in [0.25, 0.3) is 5.78 Å². The van der Waals surface area contributed by atoms with Crippen LogP contribution in [0.4, 0.5) is 0 Å². The molecule has 3 rings (SSSR count). The quantitative estimate of drug-likeness (QED) is 0.643. The van der Waals surface area contributed by atoms with Crippen LogP contribution in [0.5, 0.6) is 0 Å². The molecule has 0 unspecified atom stereocenters. The van der Waals surface area contributed by atoms with Crippen LogP contribution in [0.15, 0.2) is 36.4 Å². The molecule has 0 fully saturated rings. The molecule has 0 saturated heterocycles. The maximum Gasteiger partial charge on any atom is 0.252 e. The van der Waals surface area contributed by atoms with Gasteiger partial charge in [-0.3, -0.25) is 4.79 Å². The highest BCUT2D eigenvalue weighted by molar-refractivity contribution is 5.78. The van der Waals surface area contributed by atoms with Crippen LogP contribution in [-0.4, -0.2) is 43.0 Å². The number of rotatable bonds is 5. The number of benzene rings is 1. The summed E-state index contributed by atoms with van der Waals surface area (Å²) in [5.74, 6) is 7.23. The van der Waals surface area contributed by atoms with E-state index in [-0.39, 0.29) is 18.4 Å². The van der Waals surface area contributed by atoms with E-state index in [0.717, 1.165) is 23.4 Å². The van der Waals surface area contributed by atoms with Crippen LogP contribution in [0.2, 0.25) is 0 Å². The Balaban J connectivity index is 1.76. The lowest BCUT2D eigenvalue weighted by Crippen LogP contribution is -2.39. The Hall–Kier alpha value is -3.20. The molecule has 0 aliphatic rings. The molecular weight excluding hydrogens is 350 g/mol. The number of carbonyl (C=O) groups excluding carboxylic acids is 1.